The average molecular weight is 352 g/mol. The normalized spacial score (nSPS) is 17.7. The predicted molar refractivity (Wildman–Crippen MR) is 97.3 cm³/mol. The molecular weight excluding hydrogens is 330 g/mol. The number of fused-ring (bicyclic) bond motifs is 1. The highest BCUT2D eigenvalue weighted by atomic mass is 35.5. The molecule has 0 radical (unpaired) electrons. The number of rotatable bonds is 4. The van der Waals surface area contributed by atoms with Crippen molar-refractivity contribution < 1.29 is 4.79 Å². The van der Waals surface area contributed by atoms with E-state index in [1.54, 1.807) is 11.3 Å². The van der Waals surface area contributed by atoms with Gasteiger partial charge < -0.3 is 11.1 Å². The van der Waals surface area contributed by atoms with Crippen LogP contribution in [-0.4, -0.2) is 16.9 Å². The van der Waals surface area contributed by atoms with Gasteiger partial charge in [0.25, 0.3) is 0 Å². The molecule has 0 aliphatic heterocycles. The smallest absolute Gasteiger partial charge is 0.243 e. The molecule has 0 saturated carbocycles. The van der Waals surface area contributed by atoms with Crippen molar-refractivity contribution in [1.82, 2.24) is 4.98 Å². The van der Waals surface area contributed by atoms with Crippen molar-refractivity contribution in [3.8, 4) is 0 Å². The van der Waals surface area contributed by atoms with E-state index in [2.05, 4.69) is 17.2 Å². The molecule has 2 aromatic rings. The monoisotopic (exact) mass is 351 g/mol. The number of nitrogens with two attached hydrogens (primary N) is 1. The molecule has 4 nitrogen and oxygen atoms in total. The molecule has 0 fully saturated rings. The second-order valence-corrected chi connectivity index (χ2v) is 7.11. The van der Waals surface area contributed by atoms with Gasteiger partial charge in [0.05, 0.1) is 11.7 Å². The van der Waals surface area contributed by atoms with Gasteiger partial charge in [-0.3, -0.25) is 4.79 Å². The van der Waals surface area contributed by atoms with Crippen LogP contribution in [-0.2, 0) is 24.1 Å². The first-order valence-electron chi connectivity index (χ1n) is 7.71. The lowest BCUT2D eigenvalue weighted by atomic mass is 9.93. The summed E-state index contributed by atoms with van der Waals surface area (Å²) in [5.41, 5.74) is 8.22. The quantitative estimate of drug-likeness (QED) is 0.888. The third-order valence-electron chi connectivity index (χ3n) is 4.05. The first kappa shape index (κ1) is 17.9. The number of hydrogen-bond acceptors (Lipinski definition) is 4. The summed E-state index contributed by atoms with van der Waals surface area (Å²) in [6.07, 6.45) is 3.80. The standard InChI is InChI=1S/C17H21N3OS.ClH/c1-11-7-8-14-15(9-11)22-17(19-14)20-16(21)13(18)10-12-5-3-2-4-6-12;/h2-6,11,13H,7-10,18H2,1H3,(H,19,20,21);1H. The van der Waals surface area contributed by atoms with Crippen LogP contribution in [0.4, 0.5) is 5.13 Å². The molecule has 1 aliphatic carbocycles. The van der Waals surface area contributed by atoms with Crippen LogP contribution in [0.15, 0.2) is 30.3 Å². The molecule has 1 aromatic heterocycles. The van der Waals surface area contributed by atoms with Crippen molar-refractivity contribution in [1.29, 1.82) is 0 Å². The van der Waals surface area contributed by atoms with E-state index >= 15 is 0 Å². The minimum Gasteiger partial charge on any atom is -0.320 e. The summed E-state index contributed by atoms with van der Waals surface area (Å²) in [6, 6.07) is 9.28. The molecule has 2 unspecified atom stereocenters. The molecule has 1 aromatic carbocycles. The van der Waals surface area contributed by atoms with Crippen LogP contribution in [0.25, 0.3) is 0 Å². The van der Waals surface area contributed by atoms with E-state index in [-0.39, 0.29) is 18.3 Å². The summed E-state index contributed by atoms with van der Waals surface area (Å²) in [6.45, 7) is 2.26. The number of thiazole rings is 1. The van der Waals surface area contributed by atoms with E-state index in [4.69, 9.17) is 5.73 Å². The molecule has 1 heterocycles. The molecule has 0 spiro atoms. The molecule has 23 heavy (non-hydrogen) atoms. The van der Waals surface area contributed by atoms with Gasteiger partial charge in [-0.15, -0.1) is 23.7 Å². The van der Waals surface area contributed by atoms with Gasteiger partial charge >= 0.3 is 0 Å². The van der Waals surface area contributed by atoms with Crippen molar-refractivity contribution in [2.24, 2.45) is 11.7 Å². The second kappa shape index (κ2) is 7.90. The van der Waals surface area contributed by atoms with Crippen LogP contribution in [0, 0.1) is 5.92 Å². The van der Waals surface area contributed by atoms with Crippen LogP contribution in [0.1, 0.15) is 29.5 Å². The van der Waals surface area contributed by atoms with Gasteiger partial charge in [0.1, 0.15) is 0 Å². The van der Waals surface area contributed by atoms with Gasteiger partial charge in [-0.1, -0.05) is 37.3 Å². The molecule has 2 atom stereocenters. The highest BCUT2D eigenvalue weighted by Crippen LogP contribution is 2.32. The molecule has 1 aliphatic rings. The summed E-state index contributed by atoms with van der Waals surface area (Å²) in [5, 5.41) is 3.57. The highest BCUT2D eigenvalue weighted by Gasteiger charge is 2.21. The third-order valence-corrected chi connectivity index (χ3v) is 5.09. The topological polar surface area (TPSA) is 68.0 Å². The zero-order chi connectivity index (χ0) is 15.5. The Balaban J connectivity index is 0.00000192. The number of aromatic nitrogens is 1. The summed E-state index contributed by atoms with van der Waals surface area (Å²) < 4.78 is 0. The molecule has 3 N–H and O–H groups in total. The third kappa shape index (κ3) is 4.53. The van der Waals surface area contributed by atoms with Crippen molar-refractivity contribution in [3.05, 3.63) is 46.5 Å². The fraction of sp³-hybridized carbons (Fsp3) is 0.412. The molecule has 3 rings (SSSR count). The lowest BCUT2D eigenvalue weighted by Gasteiger charge is -2.15. The van der Waals surface area contributed by atoms with Gasteiger partial charge in [0, 0.05) is 4.88 Å². The van der Waals surface area contributed by atoms with E-state index in [0.717, 1.165) is 24.1 Å². The molecule has 0 bridgehead atoms. The summed E-state index contributed by atoms with van der Waals surface area (Å²) in [7, 11) is 0. The van der Waals surface area contributed by atoms with E-state index in [0.29, 0.717) is 17.5 Å². The Morgan fingerprint density at radius 2 is 2.17 bits per heavy atom. The Hall–Kier alpha value is -1.43. The summed E-state index contributed by atoms with van der Waals surface area (Å²) in [4.78, 5) is 18.1. The van der Waals surface area contributed by atoms with Crippen LogP contribution < -0.4 is 11.1 Å². The molecule has 0 saturated heterocycles. The Kier molecular flexibility index (Phi) is 6.16. The van der Waals surface area contributed by atoms with Gasteiger partial charge in [0.15, 0.2) is 5.13 Å². The SMILES string of the molecule is CC1CCc2nc(NC(=O)C(N)Cc3ccccc3)sc2C1.Cl. The lowest BCUT2D eigenvalue weighted by molar-refractivity contribution is -0.117. The number of hydrogen-bond donors (Lipinski definition) is 2. The number of halogens is 1. The summed E-state index contributed by atoms with van der Waals surface area (Å²) >= 11 is 1.59. The Bertz CT molecular complexity index is 659. The van der Waals surface area contributed by atoms with Crippen molar-refractivity contribution >= 4 is 34.8 Å². The van der Waals surface area contributed by atoms with Gasteiger partial charge in [-0.2, -0.15) is 0 Å². The Morgan fingerprint density at radius 1 is 1.43 bits per heavy atom. The molecule has 124 valence electrons. The number of carbonyl (C=O) groups is 1. The van der Waals surface area contributed by atoms with Crippen LogP contribution in [0.5, 0.6) is 0 Å². The largest absolute Gasteiger partial charge is 0.320 e. The van der Waals surface area contributed by atoms with E-state index in [9.17, 15) is 4.79 Å². The number of carbonyl (C=O) groups excluding carboxylic acids is 1. The Labute approximate surface area is 146 Å². The number of benzene rings is 1. The first-order valence-corrected chi connectivity index (χ1v) is 8.52. The minimum absolute atomic E-state index is 0. The Morgan fingerprint density at radius 3 is 2.91 bits per heavy atom. The van der Waals surface area contributed by atoms with Gasteiger partial charge in [-0.05, 0) is 37.2 Å². The van der Waals surface area contributed by atoms with E-state index in [1.807, 2.05) is 30.3 Å². The molecule has 6 heteroatoms. The minimum atomic E-state index is -0.553. The fourth-order valence-corrected chi connectivity index (χ4v) is 3.93. The van der Waals surface area contributed by atoms with Crippen LogP contribution in [0.2, 0.25) is 0 Å². The number of anilines is 1. The zero-order valence-corrected chi connectivity index (χ0v) is 14.8. The van der Waals surface area contributed by atoms with Gasteiger partial charge in [0.2, 0.25) is 5.91 Å². The van der Waals surface area contributed by atoms with Crippen molar-refractivity contribution in [3.63, 3.8) is 0 Å². The highest BCUT2D eigenvalue weighted by molar-refractivity contribution is 7.15. The molecular formula is C17H22ClN3OS. The van der Waals surface area contributed by atoms with Crippen molar-refractivity contribution in [2.75, 3.05) is 5.32 Å². The maximum Gasteiger partial charge on any atom is 0.243 e. The van der Waals surface area contributed by atoms with E-state index < -0.39 is 6.04 Å². The number of aryl methyl sites for hydroxylation is 1. The van der Waals surface area contributed by atoms with E-state index in [1.165, 1.54) is 11.3 Å². The lowest BCUT2D eigenvalue weighted by Crippen LogP contribution is -2.37. The second-order valence-electron chi connectivity index (χ2n) is 6.02. The summed E-state index contributed by atoms with van der Waals surface area (Å²) in [5.74, 6) is 0.542. The average Bonchev–Trinajstić information content (AvgIpc) is 2.89. The fourth-order valence-electron chi connectivity index (χ4n) is 2.75. The number of nitrogens with zero attached hydrogens (tertiary/aromatic N) is 1. The first-order chi connectivity index (χ1) is 10.6. The van der Waals surface area contributed by atoms with Crippen LogP contribution >= 0.6 is 23.7 Å². The van der Waals surface area contributed by atoms with Crippen molar-refractivity contribution in [2.45, 2.75) is 38.6 Å². The number of amides is 1. The molecule has 1 amide bonds. The maximum absolute atomic E-state index is 12.2. The number of nitrogens with one attached hydrogen (secondary N) is 1. The van der Waals surface area contributed by atoms with Gasteiger partial charge in [-0.25, -0.2) is 4.98 Å². The maximum atomic E-state index is 12.2. The zero-order valence-electron chi connectivity index (χ0n) is 13.1. The predicted octanol–water partition coefficient (Wildman–Crippen LogP) is 3.20. The van der Waals surface area contributed by atoms with Crippen LogP contribution in [0.3, 0.4) is 0 Å².